The number of furan rings is 1. The van der Waals surface area contributed by atoms with Gasteiger partial charge in [-0.25, -0.2) is 0 Å². The second-order valence-corrected chi connectivity index (χ2v) is 6.21. The highest BCUT2D eigenvalue weighted by atomic mass is 127. The molecule has 0 saturated heterocycles. The van der Waals surface area contributed by atoms with Gasteiger partial charge in [0, 0.05) is 35.8 Å². The van der Waals surface area contributed by atoms with Crippen LogP contribution in [0, 0.1) is 3.77 Å². The van der Waals surface area contributed by atoms with Crippen molar-refractivity contribution in [1.82, 2.24) is 4.98 Å². The van der Waals surface area contributed by atoms with Gasteiger partial charge in [0.2, 0.25) is 5.91 Å². The van der Waals surface area contributed by atoms with Crippen molar-refractivity contribution >= 4 is 40.3 Å². The van der Waals surface area contributed by atoms with Gasteiger partial charge in [-0.15, -0.1) is 0 Å². The van der Waals surface area contributed by atoms with E-state index in [1.165, 1.54) is 6.08 Å². The number of hydrogen-bond donors (Lipinski definition) is 1. The molecule has 126 valence electrons. The van der Waals surface area contributed by atoms with Gasteiger partial charge < -0.3 is 14.5 Å². The molecule has 1 aromatic carbocycles. The first-order valence-corrected chi connectivity index (χ1v) is 8.63. The van der Waals surface area contributed by atoms with Gasteiger partial charge in [-0.2, -0.15) is 0 Å². The van der Waals surface area contributed by atoms with E-state index in [9.17, 15) is 4.79 Å². The maximum absolute atomic E-state index is 12.0. The first-order chi connectivity index (χ1) is 12.2. The third-order valence-electron chi connectivity index (χ3n) is 3.22. The molecule has 0 saturated carbocycles. The van der Waals surface area contributed by atoms with Gasteiger partial charge in [0.25, 0.3) is 0 Å². The number of hydrogen-bond acceptors (Lipinski definition) is 4. The van der Waals surface area contributed by atoms with E-state index in [-0.39, 0.29) is 5.91 Å². The van der Waals surface area contributed by atoms with Crippen molar-refractivity contribution in [3.8, 4) is 5.75 Å². The topological polar surface area (TPSA) is 64.4 Å². The molecule has 0 aliphatic carbocycles. The van der Waals surface area contributed by atoms with E-state index in [0.29, 0.717) is 23.8 Å². The predicted molar refractivity (Wildman–Crippen MR) is 104 cm³/mol. The number of nitrogens with one attached hydrogen (secondary N) is 1. The van der Waals surface area contributed by atoms with E-state index in [0.717, 1.165) is 9.33 Å². The lowest BCUT2D eigenvalue weighted by Crippen LogP contribution is -2.07. The Kier molecular flexibility index (Phi) is 5.84. The molecule has 0 aliphatic heterocycles. The number of rotatable bonds is 6. The number of aromatic nitrogens is 1. The van der Waals surface area contributed by atoms with Gasteiger partial charge in [0.05, 0.1) is 0 Å². The molecular weight excluding hydrogens is 431 g/mol. The van der Waals surface area contributed by atoms with Crippen molar-refractivity contribution in [1.29, 1.82) is 0 Å². The number of pyridine rings is 1. The quantitative estimate of drug-likeness (QED) is 0.447. The van der Waals surface area contributed by atoms with E-state index < -0.39 is 0 Å². The number of ether oxygens (including phenoxy) is 1. The molecule has 0 bridgehead atoms. The average Bonchev–Trinajstić information content (AvgIpc) is 3.05. The molecule has 2 heterocycles. The van der Waals surface area contributed by atoms with Crippen LogP contribution < -0.4 is 10.1 Å². The molecule has 2 aromatic heterocycles. The summed E-state index contributed by atoms with van der Waals surface area (Å²) in [5, 5.41) is 2.80. The Labute approximate surface area is 158 Å². The first-order valence-electron chi connectivity index (χ1n) is 7.55. The third-order valence-corrected chi connectivity index (χ3v) is 3.80. The van der Waals surface area contributed by atoms with Gasteiger partial charge in [0.15, 0.2) is 3.77 Å². The van der Waals surface area contributed by atoms with Crippen LogP contribution >= 0.6 is 22.6 Å². The summed E-state index contributed by atoms with van der Waals surface area (Å²) in [6.45, 7) is 0.419. The van der Waals surface area contributed by atoms with Crippen LogP contribution in [0.5, 0.6) is 5.75 Å². The summed E-state index contributed by atoms with van der Waals surface area (Å²) >= 11 is 2.07. The summed E-state index contributed by atoms with van der Waals surface area (Å²) in [5.74, 6) is 1.06. The lowest BCUT2D eigenvalue weighted by Gasteiger charge is -2.08. The zero-order valence-corrected chi connectivity index (χ0v) is 15.3. The molecule has 0 atom stereocenters. The summed E-state index contributed by atoms with van der Waals surface area (Å²) < 4.78 is 11.9. The highest BCUT2D eigenvalue weighted by Crippen LogP contribution is 2.19. The van der Waals surface area contributed by atoms with Crippen molar-refractivity contribution < 1.29 is 13.9 Å². The molecule has 25 heavy (non-hydrogen) atoms. The van der Waals surface area contributed by atoms with Crippen molar-refractivity contribution in [3.05, 3.63) is 82.1 Å². The second kappa shape index (κ2) is 8.48. The minimum absolute atomic E-state index is 0.240. The molecule has 0 fully saturated rings. The highest BCUT2D eigenvalue weighted by Gasteiger charge is 2.02. The number of benzene rings is 1. The van der Waals surface area contributed by atoms with Crippen molar-refractivity contribution in [2.24, 2.45) is 0 Å². The number of carbonyl (C=O) groups excluding carboxylic acids is 1. The van der Waals surface area contributed by atoms with Crippen LogP contribution in [0.3, 0.4) is 0 Å². The Morgan fingerprint density at radius 2 is 2.16 bits per heavy atom. The van der Waals surface area contributed by atoms with Gasteiger partial charge in [0.1, 0.15) is 18.1 Å². The number of amides is 1. The SMILES string of the molecule is O=C(/C=C/c1ccc(I)o1)Nc1cccc(OCc2cccnc2)c1. The fourth-order valence-electron chi connectivity index (χ4n) is 2.07. The van der Waals surface area contributed by atoms with Crippen LogP contribution in [0.15, 0.2) is 71.4 Å². The van der Waals surface area contributed by atoms with Gasteiger partial charge in [-0.05, 0) is 59.0 Å². The standard InChI is InChI=1S/C19H15IN2O3/c20-18-8-6-16(25-18)7-9-19(23)22-15-4-1-5-17(11-15)24-13-14-3-2-10-21-12-14/h1-12H,13H2,(H,22,23)/b9-7+. The van der Waals surface area contributed by atoms with Gasteiger partial charge in [-0.3, -0.25) is 9.78 Å². The molecular formula is C19H15IN2O3. The third kappa shape index (κ3) is 5.46. The van der Waals surface area contributed by atoms with Crippen molar-refractivity contribution in [3.63, 3.8) is 0 Å². The van der Waals surface area contributed by atoms with E-state index in [2.05, 4.69) is 32.9 Å². The molecule has 0 radical (unpaired) electrons. The Hall–Kier alpha value is -2.61. The average molecular weight is 446 g/mol. The van der Waals surface area contributed by atoms with Crippen molar-refractivity contribution in [2.45, 2.75) is 6.61 Å². The molecule has 5 nitrogen and oxygen atoms in total. The summed E-state index contributed by atoms with van der Waals surface area (Å²) in [7, 11) is 0. The van der Waals surface area contributed by atoms with Crippen LogP contribution in [-0.2, 0) is 11.4 Å². The zero-order valence-electron chi connectivity index (χ0n) is 13.2. The van der Waals surface area contributed by atoms with E-state index >= 15 is 0 Å². The van der Waals surface area contributed by atoms with Crippen LogP contribution in [0.4, 0.5) is 5.69 Å². The Bertz CT molecular complexity index is 875. The molecule has 1 N–H and O–H groups in total. The smallest absolute Gasteiger partial charge is 0.248 e. The number of halogens is 1. The normalized spacial score (nSPS) is 10.8. The summed E-state index contributed by atoms with van der Waals surface area (Å²) in [6.07, 6.45) is 6.53. The molecule has 3 aromatic rings. The van der Waals surface area contributed by atoms with Crippen LogP contribution in [0.2, 0.25) is 0 Å². The number of nitrogens with zero attached hydrogens (tertiary/aromatic N) is 1. The fraction of sp³-hybridized carbons (Fsp3) is 0.0526. The Morgan fingerprint density at radius 3 is 2.92 bits per heavy atom. The van der Waals surface area contributed by atoms with Gasteiger partial charge in [-0.1, -0.05) is 12.1 Å². The molecule has 0 unspecified atom stereocenters. The summed E-state index contributed by atoms with van der Waals surface area (Å²) in [5.41, 5.74) is 1.64. The summed E-state index contributed by atoms with van der Waals surface area (Å²) in [4.78, 5) is 16.0. The molecule has 0 aliphatic rings. The minimum Gasteiger partial charge on any atom is -0.489 e. The lowest BCUT2D eigenvalue weighted by molar-refractivity contribution is -0.111. The second-order valence-electron chi connectivity index (χ2n) is 5.14. The Balaban J connectivity index is 1.57. The van der Waals surface area contributed by atoms with E-state index in [1.807, 2.05) is 30.3 Å². The fourth-order valence-corrected chi connectivity index (χ4v) is 2.51. The summed E-state index contributed by atoms with van der Waals surface area (Å²) in [6, 6.07) is 14.7. The van der Waals surface area contributed by atoms with E-state index in [1.54, 1.807) is 36.7 Å². The molecule has 6 heteroatoms. The molecule has 1 amide bonds. The monoisotopic (exact) mass is 446 g/mol. The van der Waals surface area contributed by atoms with Crippen molar-refractivity contribution in [2.75, 3.05) is 5.32 Å². The lowest BCUT2D eigenvalue weighted by atomic mass is 10.3. The Morgan fingerprint density at radius 1 is 1.24 bits per heavy atom. The predicted octanol–water partition coefficient (Wildman–Crippen LogP) is 4.51. The number of anilines is 1. The largest absolute Gasteiger partial charge is 0.489 e. The first kappa shape index (κ1) is 17.2. The maximum atomic E-state index is 12.0. The highest BCUT2D eigenvalue weighted by molar-refractivity contribution is 14.1. The van der Waals surface area contributed by atoms with Crippen LogP contribution in [0.1, 0.15) is 11.3 Å². The maximum Gasteiger partial charge on any atom is 0.248 e. The van der Waals surface area contributed by atoms with Crippen LogP contribution in [-0.4, -0.2) is 10.9 Å². The molecule has 3 rings (SSSR count). The van der Waals surface area contributed by atoms with Crippen LogP contribution in [0.25, 0.3) is 6.08 Å². The van der Waals surface area contributed by atoms with E-state index in [4.69, 9.17) is 9.15 Å². The molecule has 0 spiro atoms. The van der Waals surface area contributed by atoms with Gasteiger partial charge >= 0.3 is 0 Å². The number of carbonyl (C=O) groups is 1. The minimum atomic E-state index is -0.240. The zero-order chi connectivity index (χ0) is 17.5.